The lowest BCUT2D eigenvalue weighted by Crippen LogP contribution is -2.48. The molecule has 4 rings (SSSR count). The van der Waals surface area contributed by atoms with E-state index in [0.29, 0.717) is 42.3 Å². The number of hydrogen-bond acceptors (Lipinski definition) is 3. The van der Waals surface area contributed by atoms with Gasteiger partial charge < -0.3 is 9.80 Å². The number of hydrogen-bond donors (Lipinski definition) is 0. The van der Waals surface area contributed by atoms with Crippen molar-refractivity contribution in [3.8, 4) is 0 Å². The molecule has 0 N–H and O–H groups in total. The molecule has 2 aliphatic rings. The minimum Gasteiger partial charge on any atom is -0.336 e. The summed E-state index contributed by atoms with van der Waals surface area (Å²) in [6.45, 7) is 4.60. The van der Waals surface area contributed by atoms with Gasteiger partial charge in [-0.2, -0.15) is 0 Å². The van der Waals surface area contributed by atoms with Gasteiger partial charge in [0.15, 0.2) is 0 Å². The lowest BCUT2D eigenvalue weighted by molar-refractivity contribution is -0.117. The van der Waals surface area contributed by atoms with E-state index in [1.54, 1.807) is 23.1 Å². The molecule has 2 saturated heterocycles. The lowest BCUT2D eigenvalue weighted by atomic mass is 10.1. The molecule has 0 unspecified atom stereocenters. The van der Waals surface area contributed by atoms with Crippen molar-refractivity contribution in [3.63, 3.8) is 0 Å². The summed E-state index contributed by atoms with van der Waals surface area (Å²) in [7, 11) is 0. The monoisotopic (exact) mass is 423 g/mol. The van der Waals surface area contributed by atoms with Gasteiger partial charge in [0.1, 0.15) is 0 Å². The van der Waals surface area contributed by atoms with E-state index in [9.17, 15) is 9.59 Å². The van der Waals surface area contributed by atoms with Crippen LogP contribution in [0.15, 0.2) is 54.6 Å². The van der Waals surface area contributed by atoms with Crippen LogP contribution in [-0.2, 0) is 4.79 Å². The first-order valence-corrected chi connectivity index (χ1v) is 10.8. The Bertz CT molecular complexity index is 937. The van der Waals surface area contributed by atoms with Gasteiger partial charge in [-0.05, 0) is 30.2 Å². The van der Waals surface area contributed by atoms with Crippen LogP contribution in [0, 0.1) is 0 Å². The Morgan fingerprint density at radius 2 is 1.77 bits per heavy atom. The topological polar surface area (TPSA) is 43.9 Å². The van der Waals surface area contributed by atoms with Gasteiger partial charge in [-0.3, -0.25) is 14.5 Å². The molecule has 0 aliphatic carbocycles. The Labute approximate surface area is 182 Å². The zero-order valence-corrected chi connectivity index (χ0v) is 17.7. The van der Waals surface area contributed by atoms with Crippen LogP contribution >= 0.6 is 11.6 Å². The molecule has 0 spiro atoms. The van der Waals surface area contributed by atoms with E-state index in [4.69, 9.17) is 11.6 Å². The highest BCUT2D eigenvalue weighted by molar-refractivity contribution is 6.34. The molecule has 0 saturated carbocycles. The van der Waals surface area contributed by atoms with Crippen LogP contribution in [0.5, 0.6) is 0 Å². The van der Waals surface area contributed by atoms with E-state index in [1.165, 1.54) is 5.56 Å². The van der Waals surface area contributed by atoms with E-state index in [1.807, 2.05) is 23.1 Å². The fourth-order valence-electron chi connectivity index (χ4n) is 3.97. The molecule has 2 fully saturated rings. The number of nitrogens with zero attached hydrogens (tertiary/aromatic N) is 3. The van der Waals surface area contributed by atoms with Crippen molar-refractivity contribution in [1.82, 2.24) is 9.80 Å². The Balaban J connectivity index is 1.34. The number of piperazine rings is 1. The van der Waals surface area contributed by atoms with Crippen LogP contribution in [0.1, 0.15) is 28.8 Å². The van der Waals surface area contributed by atoms with Crippen molar-refractivity contribution in [1.29, 1.82) is 0 Å². The zero-order valence-electron chi connectivity index (χ0n) is 17.0. The van der Waals surface area contributed by atoms with Gasteiger partial charge in [0.25, 0.3) is 5.91 Å². The molecule has 0 aromatic heterocycles. The third-order valence-electron chi connectivity index (χ3n) is 5.69. The number of carbonyl (C=O) groups excluding carboxylic acids is 2. The van der Waals surface area contributed by atoms with Gasteiger partial charge in [0.05, 0.1) is 10.7 Å². The molecule has 0 atom stereocenters. The number of rotatable bonds is 5. The second-order valence-electron chi connectivity index (χ2n) is 7.72. The second-order valence-corrected chi connectivity index (χ2v) is 8.13. The highest BCUT2D eigenvalue weighted by Crippen LogP contribution is 2.30. The van der Waals surface area contributed by atoms with Crippen LogP contribution in [0.2, 0.25) is 5.02 Å². The van der Waals surface area contributed by atoms with E-state index < -0.39 is 0 Å². The summed E-state index contributed by atoms with van der Waals surface area (Å²) in [6, 6.07) is 15.5. The van der Waals surface area contributed by atoms with Gasteiger partial charge in [0.2, 0.25) is 5.91 Å². The molecular formula is C24H26ClN3O2. The van der Waals surface area contributed by atoms with Crippen LogP contribution in [0.3, 0.4) is 0 Å². The minimum absolute atomic E-state index is 0.000889. The number of anilines is 1. The molecule has 2 heterocycles. The van der Waals surface area contributed by atoms with Gasteiger partial charge in [-0.25, -0.2) is 0 Å². The van der Waals surface area contributed by atoms with E-state index in [-0.39, 0.29) is 11.8 Å². The molecule has 30 heavy (non-hydrogen) atoms. The summed E-state index contributed by atoms with van der Waals surface area (Å²) in [5, 5.41) is 0.511. The maximum Gasteiger partial charge on any atom is 0.254 e. The first-order valence-electron chi connectivity index (χ1n) is 10.4. The summed E-state index contributed by atoms with van der Waals surface area (Å²) < 4.78 is 0. The maximum absolute atomic E-state index is 13.0. The van der Waals surface area contributed by atoms with Crippen molar-refractivity contribution in [2.24, 2.45) is 0 Å². The third-order valence-corrected chi connectivity index (χ3v) is 6.01. The second kappa shape index (κ2) is 9.45. The Morgan fingerprint density at radius 3 is 2.47 bits per heavy atom. The fourth-order valence-corrected chi connectivity index (χ4v) is 4.19. The van der Waals surface area contributed by atoms with Crippen molar-refractivity contribution >= 4 is 35.2 Å². The lowest BCUT2D eigenvalue weighted by Gasteiger charge is -2.34. The first-order chi connectivity index (χ1) is 14.6. The van der Waals surface area contributed by atoms with E-state index in [2.05, 4.69) is 29.2 Å². The van der Waals surface area contributed by atoms with Gasteiger partial charge >= 0.3 is 0 Å². The van der Waals surface area contributed by atoms with Crippen LogP contribution in [0.4, 0.5) is 5.69 Å². The molecule has 0 radical (unpaired) electrons. The van der Waals surface area contributed by atoms with Gasteiger partial charge in [0, 0.05) is 51.3 Å². The number of halogens is 1. The van der Waals surface area contributed by atoms with Crippen molar-refractivity contribution in [3.05, 3.63) is 70.8 Å². The first kappa shape index (κ1) is 20.6. The molecule has 0 bridgehead atoms. The summed E-state index contributed by atoms with van der Waals surface area (Å²) >= 11 is 6.31. The molecule has 156 valence electrons. The SMILES string of the molecule is O=C(c1ccc(Cl)c(N2CCCC2=O)c1)N1CCN(CC=Cc2ccccc2)CC1. The molecule has 2 aliphatic heterocycles. The number of carbonyl (C=O) groups is 2. The van der Waals surface area contributed by atoms with Crippen molar-refractivity contribution in [2.75, 3.05) is 44.2 Å². The minimum atomic E-state index is -0.000889. The highest BCUT2D eigenvalue weighted by Gasteiger charge is 2.26. The normalized spacial score (nSPS) is 17.8. The Kier molecular flexibility index (Phi) is 6.50. The molecule has 6 heteroatoms. The molecule has 2 amide bonds. The zero-order chi connectivity index (χ0) is 20.9. The highest BCUT2D eigenvalue weighted by atomic mass is 35.5. The third kappa shape index (κ3) is 4.74. The average molecular weight is 424 g/mol. The van der Waals surface area contributed by atoms with E-state index >= 15 is 0 Å². The smallest absolute Gasteiger partial charge is 0.254 e. The standard InChI is InChI=1S/C24H26ClN3O2/c25-21-11-10-20(18-22(21)28-13-5-9-23(28)29)24(30)27-16-14-26(15-17-27)12-4-8-19-6-2-1-3-7-19/h1-4,6-8,10-11,18H,5,9,12-17H2. The maximum atomic E-state index is 13.0. The number of benzene rings is 2. The molecule has 2 aromatic carbocycles. The number of amides is 2. The summed E-state index contributed by atoms with van der Waals surface area (Å²) in [6.07, 6.45) is 5.67. The van der Waals surface area contributed by atoms with Crippen LogP contribution in [-0.4, -0.2) is 60.9 Å². The predicted octanol–water partition coefficient (Wildman–Crippen LogP) is 3.94. The predicted molar refractivity (Wildman–Crippen MR) is 121 cm³/mol. The largest absolute Gasteiger partial charge is 0.336 e. The van der Waals surface area contributed by atoms with E-state index in [0.717, 1.165) is 26.1 Å². The van der Waals surface area contributed by atoms with Gasteiger partial charge in [-0.1, -0.05) is 54.1 Å². The quantitative estimate of drug-likeness (QED) is 0.731. The summed E-state index contributed by atoms with van der Waals surface area (Å²) in [5.41, 5.74) is 2.43. The fraction of sp³-hybridized carbons (Fsp3) is 0.333. The average Bonchev–Trinajstić information content (AvgIpc) is 3.20. The summed E-state index contributed by atoms with van der Waals surface area (Å²) in [5.74, 6) is 0.0673. The Hall–Kier alpha value is -2.63. The molecule has 5 nitrogen and oxygen atoms in total. The van der Waals surface area contributed by atoms with Crippen LogP contribution in [0.25, 0.3) is 6.08 Å². The van der Waals surface area contributed by atoms with Gasteiger partial charge in [-0.15, -0.1) is 0 Å². The summed E-state index contributed by atoms with van der Waals surface area (Å²) in [4.78, 5) is 31.0. The van der Waals surface area contributed by atoms with Crippen molar-refractivity contribution < 1.29 is 9.59 Å². The molecular weight excluding hydrogens is 398 g/mol. The Morgan fingerprint density at radius 1 is 1.00 bits per heavy atom. The molecule has 2 aromatic rings. The van der Waals surface area contributed by atoms with Crippen LogP contribution < -0.4 is 4.90 Å². The van der Waals surface area contributed by atoms with Crippen molar-refractivity contribution in [2.45, 2.75) is 12.8 Å².